The zero-order valence-electron chi connectivity index (χ0n) is 14.1. The number of aliphatic hydroxyl groups is 1. The summed E-state index contributed by atoms with van der Waals surface area (Å²) in [6.45, 7) is 2.16. The van der Waals surface area contributed by atoms with Gasteiger partial charge in [0, 0.05) is 13.7 Å². The van der Waals surface area contributed by atoms with E-state index in [1.165, 1.54) is 6.07 Å². The first-order valence-corrected chi connectivity index (χ1v) is 8.32. The summed E-state index contributed by atoms with van der Waals surface area (Å²) < 4.78 is 31.5. The molecule has 4 nitrogen and oxygen atoms in total. The molecule has 1 aliphatic rings. The fraction of sp³-hybridized carbons (Fsp3) is 0.611. The number of carbonyl (C=O) groups excluding carboxylic acids is 1. The third-order valence-electron chi connectivity index (χ3n) is 4.94. The van der Waals surface area contributed by atoms with Crippen LogP contribution in [0, 0.1) is 17.0 Å². The SMILES string of the molecule is COCCC1(C(=O)NC(C)C(O)c2ccc(F)c(F)c2)CCCC1. The number of ether oxygens (including phenoxy) is 1. The molecule has 1 aliphatic carbocycles. The second kappa shape index (κ2) is 8.03. The van der Waals surface area contributed by atoms with Crippen LogP contribution in [0.3, 0.4) is 0 Å². The molecule has 0 aromatic heterocycles. The van der Waals surface area contributed by atoms with E-state index in [1.807, 2.05) is 0 Å². The van der Waals surface area contributed by atoms with Crippen molar-refractivity contribution >= 4 is 5.91 Å². The maximum absolute atomic E-state index is 13.3. The second-order valence-corrected chi connectivity index (χ2v) is 6.61. The Hall–Kier alpha value is -1.53. The van der Waals surface area contributed by atoms with E-state index < -0.39 is 29.2 Å². The number of methoxy groups -OCH3 is 1. The van der Waals surface area contributed by atoms with Crippen molar-refractivity contribution in [1.82, 2.24) is 5.32 Å². The Balaban J connectivity index is 2.05. The Morgan fingerprint density at radius 3 is 2.58 bits per heavy atom. The summed E-state index contributed by atoms with van der Waals surface area (Å²) in [5.74, 6) is -2.09. The number of rotatable bonds is 7. The topological polar surface area (TPSA) is 58.6 Å². The fourth-order valence-electron chi connectivity index (χ4n) is 3.36. The Kier molecular flexibility index (Phi) is 6.29. The molecule has 0 aliphatic heterocycles. The van der Waals surface area contributed by atoms with Gasteiger partial charge in [-0.1, -0.05) is 18.9 Å². The molecule has 1 fully saturated rings. The van der Waals surface area contributed by atoms with Crippen molar-refractivity contribution in [3.8, 4) is 0 Å². The van der Waals surface area contributed by atoms with Crippen molar-refractivity contribution in [3.05, 3.63) is 35.4 Å². The van der Waals surface area contributed by atoms with E-state index >= 15 is 0 Å². The minimum atomic E-state index is -1.11. The van der Waals surface area contributed by atoms with E-state index in [0.29, 0.717) is 13.0 Å². The summed E-state index contributed by atoms with van der Waals surface area (Å²) in [6.07, 6.45) is 3.13. The normalized spacial score (nSPS) is 19.0. The van der Waals surface area contributed by atoms with Gasteiger partial charge in [-0.05, 0) is 43.9 Å². The maximum Gasteiger partial charge on any atom is 0.226 e. The van der Waals surface area contributed by atoms with Crippen LogP contribution in [-0.4, -0.2) is 30.8 Å². The summed E-state index contributed by atoms with van der Waals surface area (Å²) in [6, 6.07) is 2.64. The molecule has 1 saturated carbocycles. The monoisotopic (exact) mass is 341 g/mol. The molecular weight excluding hydrogens is 316 g/mol. The maximum atomic E-state index is 13.3. The van der Waals surface area contributed by atoms with Crippen LogP contribution in [0.4, 0.5) is 8.78 Å². The number of amides is 1. The second-order valence-electron chi connectivity index (χ2n) is 6.61. The van der Waals surface area contributed by atoms with Gasteiger partial charge in [0.15, 0.2) is 11.6 Å². The van der Waals surface area contributed by atoms with Gasteiger partial charge in [0.1, 0.15) is 0 Å². The first-order valence-electron chi connectivity index (χ1n) is 8.32. The van der Waals surface area contributed by atoms with Crippen LogP contribution in [0.5, 0.6) is 0 Å². The first kappa shape index (κ1) is 18.8. The van der Waals surface area contributed by atoms with Crippen LogP contribution >= 0.6 is 0 Å². The average molecular weight is 341 g/mol. The molecule has 2 atom stereocenters. The summed E-state index contributed by atoms with van der Waals surface area (Å²) in [5.41, 5.74) is -0.225. The molecule has 2 N–H and O–H groups in total. The van der Waals surface area contributed by atoms with E-state index in [2.05, 4.69) is 5.32 Å². The number of hydrogen-bond acceptors (Lipinski definition) is 3. The largest absolute Gasteiger partial charge is 0.386 e. The lowest BCUT2D eigenvalue weighted by atomic mass is 9.81. The summed E-state index contributed by atoms with van der Waals surface area (Å²) in [4.78, 5) is 12.7. The van der Waals surface area contributed by atoms with E-state index in [4.69, 9.17) is 4.74 Å². The van der Waals surface area contributed by atoms with E-state index in [1.54, 1.807) is 14.0 Å². The lowest BCUT2D eigenvalue weighted by molar-refractivity contribution is -0.133. The van der Waals surface area contributed by atoms with Crippen LogP contribution in [-0.2, 0) is 9.53 Å². The van der Waals surface area contributed by atoms with Gasteiger partial charge in [0.25, 0.3) is 0 Å². The van der Waals surface area contributed by atoms with Crippen molar-refractivity contribution in [2.24, 2.45) is 5.41 Å². The highest BCUT2D eigenvalue weighted by Gasteiger charge is 2.41. The zero-order valence-corrected chi connectivity index (χ0v) is 14.1. The molecule has 24 heavy (non-hydrogen) atoms. The summed E-state index contributed by atoms with van der Waals surface area (Å²) >= 11 is 0. The fourth-order valence-corrected chi connectivity index (χ4v) is 3.36. The predicted molar refractivity (Wildman–Crippen MR) is 86.3 cm³/mol. The highest BCUT2D eigenvalue weighted by atomic mass is 19.2. The minimum Gasteiger partial charge on any atom is -0.386 e. The van der Waals surface area contributed by atoms with Gasteiger partial charge in [-0.25, -0.2) is 8.78 Å². The average Bonchev–Trinajstić information content (AvgIpc) is 3.05. The molecule has 0 radical (unpaired) electrons. The van der Waals surface area contributed by atoms with Gasteiger partial charge in [-0.3, -0.25) is 4.79 Å². The van der Waals surface area contributed by atoms with Crippen LogP contribution < -0.4 is 5.32 Å². The molecule has 134 valence electrons. The number of carbonyl (C=O) groups is 1. The van der Waals surface area contributed by atoms with E-state index in [0.717, 1.165) is 37.8 Å². The van der Waals surface area contributed by atoms with Gasteiger partial charge in [-0.15, -0.1) is 0 Å². The molecule has 1 aromatic rings. The number of hydrogen-bond donors (Lipinski definition) is 2. The van der Waals surface area contributed by atoms with Crippen molar-refractivity contribution < 1.29 is 23.4 Å². The van der Waals surface area contributed by atoms with E-state index in [-0.39, 0.29) is 11.5 Å². The molecule has 2 unspecified atom stereocenters. The van der Waals surface area contributed by atoms with Gasteiger partial charge in [0.05, 0.1) is 17.6 Å². The molecule has 2 rings (SSSR count). The quantitative estimate of drug-likeness (QED) is 0.801. The predicted octanol–water partition coefficient (Wildman–Crippen LogP) is 3.10. The van der Waals surface area contributed by atoms with Gasteiger partial charge >= 0.3 is 0 Å². The van der Waals surface area contributed by atoms with Crippen molar-refractivity contribution in [2.75, 3.05) is 13.7 Å². The number of halogens is 2. The highest BCUT2D eigenvalue weighted by Crippen LogP contribution is 2.41. The minimum absolute atomic E-state index is 0.105. The van der Waals surface area contributed by atoms with Crippen LogP contribution in [0.25, 0.3) is 0 Å². The molecule has 6 heteroatoms. The third kappa shape index (κ3) is 4.11. The third-order valence-corrected chi connectivity index (χ3v) is 4.94. The number of aliphatic hydroxyl groups excluding tert-OH is 1. The highest BCUT2D eigenvalue weighted by molar-refractivity contribution is 5.83. The standard InChI is InChI=1S/C18H25F2NO3/c1-12(16(22)13-5-6-14(19)15(20)11-13)21-17(23)18(9-10-24-2)7-3-4-8-18/h5-6,11-12,16,22H,3-4,7-10H2,1-2H3,(H,21,23). The number of nitrogens with one attached hydrogen (secondary N) is 1. The molecule has 0 saturated heterocycles. The Bertz CT molecular complexity index is 573. The van der Waals surface area contributed by atoms with Crippen LogP contribution in [0.15, 0.2) is 18.2 Å². The van der Waals surface area contributed by atoms with Gasteiger partial charge in [0.2, 0.25) is 5.91 Å². The lowest BCUT2D eigenvalue weighted by Gasteiger charge is -2.30. The Morgan fingerprint density at radius 2 is 2.00 bits per heavy atom. The zero-order chi connectivity index (χ0) is 17.7. The smallest absolute Gasteiger partial charge is 0.226 e. The van der Waals surface area contributed by atoms with Crippen molar-refractivity contribution in [3.63, 3.8) is 0 Å². The molecule has 0 spiro atoms. The van der Waals surface area contributed by atoms with Crippen LogP contribution in [0.2, 0.25) is 0 Å². The molecular formula is C18H25F2NO3. The van der Waals surface area contributed by atoms with E-state index in [9.17, 15) is 18.7 Å². The number of benzene rings is 1. The summed E-state index contributed by atoms with van der Waals surface area (Å²) in [5, 5.41) is 13.2. The van der Waals surface area contributed by atoms with Crippen LogP contribution in [0.1, 0.15) is 50.7 Å². The molecule has 0 bridgehead atoms. The molecule has 1 amide bonds. The first-order chi connectivity index (χ1) is 11.4. The molecule has 1 aromatic carbocycles. The molecule has 0 heterocycles. The van der Waals surface area contributed by atoms with Gasteiger partial charge in [-0.2, -0.15) is 0 Å². The van der Waals surface area contributed by atoms with Gasteiger partial charge < -0.3 is 15.2 Å². The lowest BCUT2D eigenvalue weighted by Crippen LogP contribution is -2.46. The Labute approximate surface area is 141 Å². The Morgan fingerprint density at radius 1 is 1.33 bits per heavy atom. The summed E-state index contributed by atoms with van der Waals surface area (Å²) in [7, 11) is 1.61. The van der Waals surface area contributed by atoms with Crippen molar-refractivity contribution in [1.29, 1.82) is 0 Å². The van der Waals surface area contributed by atoms with Crippen molar-refractivity contribution in [2.45, 2.75) is 51.2 Å².